The zero-order valence-corrected chi connectivity index (χ0v) is 10.5. The molecule has 0 unspecified atom stereocenters. The number of carboxylic acid groups (broad SMARTS) is 1. The molecule has 102 valence electrons. The van der Waals surface area contributed by atoms with E-state index < -0.39 is 17.3 Å². The molecule has 1 aliphatic rings. The molecule has 0 spiro atoms. The summed E-state index contributed by atoms with van der Waals surface area (Å²) in [6, 6.07) is 3.58. The maximum atomic E-state index is 13.2. The molecule has 1 aromatic rings. The Morgan fingerprint density at radius 3 is 2.53 bits per heavy atom. The number of anilines is 1. The summed E-state index contributed by atoms with van der Waals surface area (Å²) in [7, 11) is 0. The van der Waals surface area contributed by atoms with Crippen LogP contribution in [0.1, 0.15) is 42.5 Å². The van der Waals surface area contributed by atoms with E-state index in [0.717, 1.165) is 44.2 Å². The van der Waals surface area contributed by atoms with Crippen molar-refractivity contribution in [1.29, 1.82) is 0 Å². The van der Waals surface area contributed by atoms with E-state index in [4.69, 9.17) is 5.11 Å². The van der Waals surface area contributed by atoms with Gasteiger partial charge < -0.3 is 10.4 Å². The van der Waals surface area contributed by atoms with E-state index in [0.29, 0.717) is 5.69 Å². The monoisotopic (exact) mass is 265 g/mol. The molecule has 0 saturated heterocycles. The molecule has 2 rings (SSSR count). The Balaban J connectivity index is 2.08. The van der Waals surface area contributed by atoms with Crippen molar-refractivity contribution in [3.8, 4) is 0 Å². The van der Waals surface area contributed by atoms with Crippen LogP contribution in [0.2, 0.25) is 0 Å². The first-order valence-electron chi connectivity index (χ1n) is 6.41. The lowest BCUT2D eigenvalue weighted by atomic mass is 9.88. The van der Waals surface area contributed by atoms with Crippen LogP contribution in [0.5, 0.6) is 0 Å². The second-order valence-electron chi connectivity index (χ2n) is 4.82. The number of nitrogens with one attached hydrogen (secondary N) is 1. The van der Waals surface area contributed by atoms with Gasteiger partial charge in [-0.25, -0.2) is 9.18 Å². The van der Waals surface area contributed by atoms with Crippen LogP contribution in [0.15, 0.2) is 18.2 Å². The second-order valence-corrected chi connectivity index (χ2v) is 4.82. The number of hydrogen-bond acceptors (Lipinski definition) is 2. The lowest BCUT2D eigenvalue weighted by Crippen LogP contribution is -2.24. The molecule has 4 nitrogen and oxygen atoms in total. The van der Waals surface area contributed by atoms with E-state index in [9.17, 15) is 14.0 Å². The summed E-state index contributed by atoms with van der Waals surface area (Å²) in [5, 5.41) is 11.5. The van der Waals surface area contributed by atoms with Crippen LogP contribution in [-0.4, -0.2) is 17.0 Å². The van der Waals surface area contributed by atoms with Crippen LogP contribution in [0, 0.1) is 11.7 Å². The Hall–Kier alpha value is -1.91. The number of carboxylic acids is 1. The first-order chi connectivity index (χ1) is 9.08. The molecule has 1 aliphatic carbocycles. The molecule has 2 N–H and O–H groups in total. The van der Waals surface area contributed by atoms with E-state index in [1.807, 2.05) is 0 Å². The third kappa shape index (κ3) is 3.30. The van der Waals surface area contributed by atoms with E-state index in [1.54, 1.807) is 0 Å². The van der Waals surface area contributed by atoms with Crippen LogP contribution < -0.4 is 5.32 Å². The zero-order chi connectivity index (χ0) is 13.8. The molecule has 1 fully saturated rings. The maximum Gasteiger partial charge on any atom is 0.338 e. The van der Waals surface area contributed by atoms with E-state index >= 15 is 0 Å². The number of benzene rings is 1. The molecule has 0 aliphatic heterocycles. The molecule has 0 heterocycles. The average Bonchev–Trinajstić information content (AvgIpc) is 2.41. The summed E-state index contributed by atoms with van der Waals surface area (Å²) in [6.07, 6.45) is 4.96. The smallest absolute Gasteiger partial charge is 0.338 e. The quantitative estimate of drug-likeness (QED) is 0.882. The van der Waals surface area contributed by atoms with Crippen molar-refractivity contribution in [3.63, 3.8) is 0 Å². The zero-order valence-electron chi connectivity index (χ0n) is 10.5. The molecule has 0 atom stereocenters. The van der Waals surface area contributed by atoms with Gasteiger partial charge in [0.15, 0.2) is 0 Å². The predicted molar refractivity (Wildman–Crippen MR) is 68.6 cm³/mol. The van der Waals surface area contributed by atoms with Crippen LogP contribution in [0.3, 0.4) is 0 Å². The van der Waals surface area contributed by atoms with Crippen LogP contribution in [-0.2, 0) is 4.79 Å². The van der Waals surface area contributed by atoms with Gasteiger partial charge in [-0.15, -0.1) is 0 Å². The number of hydrogen-bond donors (Lipinski definition) is 2. The van der Waals surface area contributed by atoms with Gasteiger partial charge in [0.25, 0.3) is 0 Å². The van der Waals surface area contributed by atoms with Crippen molar-refractivity contribution in [3.05, 3.63) is 29.6 Å². The van der Waals surface area contributed by atoms with E-state index in [-0.39, 0.29) is 11.8 Å². The summed E-state index contributed by atoms with van der Waals surface area (Å²) in [6.45, 7) is 0. The Bertz CT molecular complexity index is 495. The number of aromatic carboxylic acids is 1. The van der Waals surface area contributed by atoms with Gasteiger partial charge in [-0.1, -0.05) is 19.3 Å². The highest BCUT2D eigenvalue weighted by molar-refractivity contribution is 5.95. The fraction of sp³-hybridized carbons (Fsp3) is 0.429. The summed E-state index contributed by atoms with van der Waals surface area (Å²) in [5.41, 5.74) is -0.101. The minimum atomic E-state index is -1.34. The molecule has 0 aromatic heterocycles. The predicted octanol–water partition coefficient (Wildman–Crippen LogP) is 3.04. The number of rotatable bonds is 3. The van der Waals surface area contributed by atoms with Gasteiger partial charge in [0.2, 0.25) is 5.91 Å². The fourth-order valence-corrected chi connectivity index (χ4v) is 2.38. The molecule has 5 heteroatoms. The molecule has 1 amide bonds. The third-order valence-electron chi connectivity index (χ3n) is 3.44. The normalized spacial score (nSPS) is 16.1. The van der Waals surface area contributed by atoms with Gasteiger partial charge >= 0.3 is 5.97 Å². The Morgan fingerprint density at radius 1 is 1.21 bits per heavy atom. The van der Waals surface area contributed by atoms with Crippen molar-refractivity contribution >= 4 is 17.6 Å². The first kappa shape index (κ1) is 13.5. The second kappa shape index (κ2) is 5.82. The number of carbonyl (C=O) groups excluding carboxylic acids is 1. The highest BCUT2D eigenvalue weighted by Crippen LogP contribution is 2.25. The van der Waals surface area contributed by atoms with Crippen LogP contribution in [0.4, 0.5) is 10.1 Å². The topological polar surface area (TPSA) is 66.4 Å². The van der Waals surface area contributed by atoms with Crippen molar-refractivity contribution in [2.24, 2.45) is 5.92 Å². The van der Waals surface area contributed by atoms with E-state index in [2.05, 4.69) is 5.32 Å². The van der Waals surface area contributed by atoms with Gasteiger partial charge in [0.05, 0.1) is 5.56 Å². The summed E-state index contributed by atoms with van der Waals surface area (Å²) in [4.78, 5) is 22.8. The van der Waals surface area contributed by atoms with Crippen molar-refractivity contribution in [2.75, 3.05) is 5.32 Å². The molecule has 0 bridgehead atoms. The number of amides is 1. The molecule has 1 saturated carbocycles. The lowest BCUT2D eigenvalue weighted by Gasteiger charge is -2.20. The molecule has 19 heavy (non-hydrogen) atoms. The SMILES string of the molecule is O=C(O)c1cc(NC(=O)C2CCCCC2)ccc1F. The van der Waals surface area contributed by atoms with Crippen LogP contribution in [0.25, 0.3) is 0 Å². The summed E-state index contributed by atoms with van der Waals surface area (Å²) < 4.78 is 13.2. The maximum absolute atomic E-state index is 13.2. The molecular weight excluding hydrogens is 249 g/mol. The van der Waals surface area contributed by atoms with Crippen molar-refractivity contribution in [2.45, 2.75) is 32.1 Å². The minimum Gasteiger partial charge on any atom is -0.478 e. The lowest BCUT2D eigenvalue weighted by molar-refractivity contribution is -0.120. The Labute approximate surface area is 110 Å². The van der Waals surface area contributed by atoms with Crippen molar-refractivity contribution in [1.82, 2.24) is 0 Å². The van der Waals surface area contributed by atoms with Gasteiger partial charge in [0, 0.05) is 11.6 Å². The Kier molecular flexibility index (Phi) is 4.14. The molecule has 0 radical (unpaired) electrons. The number of carbonyl (C=O) groups is 2. The van der Waals surface area contributed by atoms with Gasteiger partial charge in [-0.3, -0.25) is 4.79 Å². The highest BCUT2D eigenvalue weighted by atomic mass is 19.1. The summed E-state index contributed by atoms with van der Waals surface area (Å²) in [5.74, 6) is -2.27. The fourth-order valence-electron chi connectivity index (χ4n) is 2.38. The third-order valence-corrected chi connectivity index (χ3v) is 3.44. The standard InChI is InChI=1S/C14H16FNO3/c15-12-7-6-10(8-11(12)14(18)19)16-13(17)9-4-2-1-3-5-9/h6-9H,1-5H2,(H,16,17)(H,18,19). The average molecular weight is 265 g/mol. The molecular formula is C14H16FNO3. The van der Waals surface area contributed by atoms with Gasteiger partial charge in [-0.2, -0.15) is 0 Å². The Morgan fingerprint density at radius 2 is 1.89 bits per heavy atom. The molecule has 1 aromatic carbocycles. The van der Waals surface area contributed by atoms with Gasteiger partial charge in [0.1, 0.15) is 5.82 Å². The van der Waals surface area contributed by atoms with Crippen LogP contribution >= 0.6 is 0 Å². The van der Waals surface area contributed by atoms with Crippen molar-refractivity contribution < 1.29 is 19.1 Å². The van der Waals surface area contributed by atoms with E-state index in [1.165, 1.54) is 6.07 Å². The minimum absolute atomic E-state index is 0.0212. The highest BCUT2D eigenvalue weighted by Gasteiger charge is 2.21. The first-order valence-corrected chi connectivity index (χ1v) is 6.41. The number of halogens is 1. The largest absolute Gasteiger partial charge is 0.478 e. The van der Waals surface area contributed by atoms with Gasteiger partial charge in [-0.05, 0) is 31.0 Å². The summed E-state index contributed by atoms with van der Waals surface area (Å²) >= 11 is 0.